The van der Waals surface area contributed by atoms with E-state index in [1.54, 1.807) is 6.07 Å². The molecule has 1 aromatic rings. The Kier molecular flexibility index (Phi) is 5.37. The molecule has 3 N–H and O–H groups in total. The summed E-state index contributed by atoms with van der Waals surface area (Å²) in [4.78, 5) is 0. The molecule has 104 valence electrons. The van der Waals surface area contributed by atoms with E-state index in [-0.39, 0.29) is 17.7 Å². The largest absolute Gasteiger partial charge is 0.447 e. The Morgan fingerprint density at radius 1 is 1.39 bits per heavy atom. The maximum Gasteiger partial charge on any atom is 0.274 e. The van der Waals surface area contributed by atoms with Crippen molar-refractivity contribution < 1.29 is 12.8 Å². The second kappa shape index (κ2) is 6.36. The highest BCUT2D eigenvalue weighted by Gasteiger charge is 2.21. The summed E-state index contributed by atoms with van der Waals surface area (Å²) in [6.45, 7) is 6.24. The second-order valence-corrected chi connectivity index (χ2v) is 6.34. The number of hydrogen-bond acceptors (Lipinski definition) is 4. The van der Waals surface area contributed by atoms with Gasteiger partial charge in [-0.15, -0.1) is 0 Å². The fraction of sp³-hybridized carbons (Fsp3) is 0.667. The van der Waals surface area contributed by atoms with Crippen LogP contribution < -0.4 is 10.5 Å². The quantitative estimate of drug-likeness (QED) is 0.794. The predicted octanol–water partition coefficient (Wildman–Crippen LogP) is 1.84. The van der Waals surface area contributed by atoms with Gasteiger partial charge in [0.25, 0.3) is 10.0 Å². The molecule has 0 amide bonds. The number of sulfonamides is 1. The van der Waals surface area contributed by atoms with Gasteiger partial charge in [0.15, 0.2) is 0 Å². The van der Waals surface area contributed by atoms with E-state index in [9.17, 15) is 8.42 Å². The molecule has 0 aliphatic rings. The number of rotatable bonds is 7. The van der Waals surface area contributed by atoms with Gasteiger partial charge in [0.1, 0.15) is 5.76 Å². The molecule has 2 atom stereocenters. The first-order chi connectivity index (χ1) is 8.39. The average Bonchev–Trinajstić information content (AvgIpc) is 2.77. The predicted molar refractivity (Wildman–Crippen MR) is 70.5 cm³/mol. The van der Waals surface area contributed by atoms with Gasteiger partial charge >= 0.3 is 0 Å². The van der Waals surface area contributed by atoms with Gasteiger partial charge in [0.05, 0.1) is 6.54 Å². The molecule has 2 unspecified atom stereocenters. The van der Waals surface area contributed by atoms with Crippen molar-refractivity contribution in [3.8, 4) is 0 Å². The molecule has 0 saturated heterocycles. The zero-order valence-corrected chi connectivity index (χ0v) is 12.0. The standard InChI is InChI=1S/C12H22N2O3S/c1-4-9(2)7-10(3)14-18(15,16)12-6-5-11(8-13)17-12/h5-6,9-10,14H,4,7-8,13H2,1-3H3. The van der Waals surface area contributed by atoms with Crippen LogP contribution in [0.25, 0.3) is 0 Å². The van der Waals surface area contributed by atoms with Crippen LogP contribution in [0.2, 0.25) is 0 Å². The van der Waals surface area contributed by atoms with Gasteiger partial charge in [-0.2, -0.15) is 0 Å². The van der Waals surface area contributed by atoms with Gasteiger partial charge in [0, 0.05) is 6.04 Å². The molecule has 1 aromatic heterocycles. The molecule has 18 heavy (non-hydrogen) atoms. The maximum atomic E-state index is 12.0. The lowest BCUT2D eigenvalue weighted by Gasteiger charge is -2.16. The molecule has 0 bridgehead atoms. The van der Waals surface area contributed by atoms with Crippen molar-refractivity contribution in [1.29, 1.82) is 0 Å². The van der Waals surface area contributed by atoms with Crippen molar-refractivity contribution >= 4 is 10.0 Å². The Hall–Kier alpha value is -0.850. The van der Waals surface area contributed by atoms with Crippen molar-refractivity contribution in [3.63, 3.8) is 0 Å². The minimum absolute atomic E-state index is 0.0704. The van der Waals surface area contributed by atoms with E-state index in [1.165, 1.54) is 6.07 Å². The van der Waals surface area contributed by atoms with Crippen molar-refractivity contribution in [2.75, 3.05) is 0 Å². The van der Waals surface area contributed by atoms with E-state index in [0.29, 0.717) is 11.7 Å². The fourth-order valence-electron chi connectivity index (χ4n) is 1.75. The van der Waals surface area contributed by atoms with Crippen molar-refractivity contribution in [2.45, 2.75) is 51.3 Å². The van der Waals surface area contributed by atoms with Crippen LogP contribution in [0.15, 0.2) is 21.6 Å². The highest BCUT2D eigenvalue weighted by Crippen LogP contribution is 2.16. The summed E-state index contributed by atoms with van der Waals surface area (Å²) in [6.07, 6.45) is 1.84. The summed E-state index contributed by atoms with van der Waals surface area (Å²) in [6, 6.07) is 2.89. The Morgan fingerprint density at radius 2 is 2.06 bits per heavy atom. The van der Waals surface area contributed by atoms with E-state index in [1.807, 2.05) is 6.92 Å². The van der Waals surface area contributed by atoms with Crippen LogP contribution in [0.4, 0.5) is 0 Å². The van der Waals surface area contributed by atoms with Crippen LogP contribution in [-0.2, 0) is 16.6 Å². The first kappa shape index (κ1) is 15.2. The lowest BCUT2D eigenvalue weighted by Crippen LogP contribution is -2.33. The number of hydrogen-bond donors (Lipinski definition) is 2. The Bertz CT molecular complexity index is 467. The molecule has 5 nitrogen and oxygen atoms in total. The summed E-state index contributed by atoms with van der Waals surface area (Å²) in [5.41, 5.74) is 5.38. The van der Waals surface area contributed by atoms with Gasteiger partial charge in [0.2, 0.25) is 5.09 Å². The smallest absolute Gasteiger partial charge is 0.274 e. The third-order valence-electron chi connectivity index (χ3n) is 2.91. The second-order valence-electron chi connectivity index (χ2n) is 4.70. The van der Waals surface area contributed by atoms with E-state index in [4.69, 9.17) is 10.2 Å². The zero-order chi connectivity index (χ0) is 13.8. The SMILES string of the molecule is CCC(C)CC(C)NS(=O)(=O)c1ccc(CN)o1. The minimum Gasteiger partial charge on any atom is -0.447 e. The summed E-state index contributed by atoms with van der Waals surface area (Å²) in [5, 5.41) is -0.0704. The van der Waals surface area contributed by atoms with Gasteiger partial charge in [-0.05, 0) is 31.4 Å². The lowest BCUT2D eigenvalue weighted by molar-refractivity contribution is 0.403. The van der Waals surface area contributed by atoms with Crippen LogP contribution >= 0.6 is 0 Å². The topological polar surface area (TPSA) is 85.3 Å². The van der Waals surface area contributed by atoms with E-state index in [2.05, 4.69) is 18.6 Å². The summed E-state index contributed by atoms with van der Waals surface area (Å²) < 4.78 is 31.8. The first-order valence-electron chi connectivity index (χ1n) is 6.20. The number of furan rings is 1. The third kappa shape index (κ3) is 4.12. The molecule has 1 rings (SSSR count). The molecule has 0 spiro atoms. The van der Waals surface area contributed by atoms with Crippen LogP contribution in [0, 0.1) is 5.92 Å². The Morgan fingerprint density at radius 3 is 2.56 bits per heavy atom. The van der Waals surface area contributed by atoms with E-state index < -0.39 is 10.0 Å². The van der Waals surface area contributed by atoms with Crippen molar-refractivity contribution in [2.24, 2.45) is 11.7 Å². The summed E-state index contributed by atoms with van der Waals surface area (Å²) >= 11 is 0. The zero-order valence-electron chi connectivity index (χ0n) is 11.1. The molecular weight excluding hydrogens is 252 g/mol. The minimum atomic E-state index is -3.57. The molecule has 0 aliphatic carbocycles. The monoisotopic (exact) mass is 274 g/mol. The van der Waals surface area contributed by atoms with Gasteiger partial charge < -0.3 is 10.2 Å². The van der Waals surface area contributed by atoms with Crippen molar-refractivity contribution in [3.05, 3.63) is 17.9 Å². The van der Waals surface area contributed by atoms with Crippen LogP contribution in [0.3, 0.4) is 0 Å². The normalized spacial score (nSPS) is 15.6. The highest BCUT2D eigenvalue weighted by molar-refractivity contribution is 7.89. The molecule has 1 heterocycles. The van der Waals surface area contributed by atoms with Gasteiger partial charge in [-0.25, -0.2) is 13.1 Å². The Labute approximate surface area is 109 Å². The molecule has 0 aromatic carbocycles. The van der Waals surface area contributed by atoms with Gasteiger partial charge in [-0.3, -0.25) is 0 Å². The molecule has 0 saturated carbocycles. The molecule has 0 fully saturated rings. The maximum absolute atomic E-state index is 12.0. The van der Waals surface area contributed by atoms with Gasteiger partial charge in [-0.1, -0.05) is 20.3 Å². The summed E-state index contributed by atoms with van der Waals surface area (Å²) in [7, 11) is -3.57. The number of nitrogens with two attached hydrogens (primary N) is 1. The van der Waals surface area contributed by atoms with Crippen LogP contribution in [0.1, 0.15) is 39.4 Å². The molecule has 0 radical (unpaired) electrons. The molecule has 0 aliphatic heterocycles. The fourth-order valence-corrected chi connectivity index (χ4v) is 2.96. The molecular formula is C12H22N2O3S. The van der Waals surface area contributed by atoms with E-state index >= 15 is 0 Å². The average molecular weight is 274 g/mol. The van der Waals surface area contributed by atoms with Crippen LogP contribution in [-0.4, -0.2) is 14.5 Å². The van der Waals surface area contributed by atoms with E-state index in [0.717, 1.165) is 12.8 Å². The molecule has 6 heteroatoms. The Balaban J connectivity index is 2.69. The van der Waals surface area contributed by atoms with Crippen LogP contribution in [0.5, 0.6) is 0 Å². The third-order valence-corrected chi connectivity index (χ3v) is 4.37. The number of nitrogens with one attached hydrogen (secondary N) is 1. The highest BCUT2D eigenvalue weighted by atomic mass is 32.2. The summed E-state index contributed by atoms with van der Waals surface area (Å²) in [5.74, 6) is 0.948. The first-order valence-corrected chi connectivity index (χ1v) is 7.68. The lowest BCUT2D eigenvalue weighted by atomic mass is 10.0. The van der Waals surface area contributed by atoms with Crippen molar-refractivity contribution in [1.82, 2.24) is 4.72 Å².